The van der Waals surface area contributed by atoms with Gasteiger partial charge in [-0.3, -0.25) is 10.1 Å². The Morgan fingerprint density at radius 2 is 2.43 bits per heavy atom. The number of piperazine rings is 1. The monoisotopic (exact) mass is 196 g/mol. The number of nitrogens with zero attached hydrogens (tertiary/aromatic N) is 3. The van der Waals surface area contributed by atoms with Crippen molar-refractivity contribution in [2.24, 2.45) is 7.05 Å². The van der Waals surface area contributed by atoms with E-state index in [0.29, 0.717) is 24.9 Å². The van der Waals surface area contributed by atoms with Crippen molar-refractivity contribution in [2.75, 3.05) is 18.8 Å². The van der Waals surface area contributed by atoms with Gasteiger partial charge in [-0.2, -0.15) is 10.1 Å². The molecule has 0 bridgehead atoms. The smallest absolute Gasteiger partial charge is 0.234 e. The van der Waals surface area contributed by atoms with Crippen LogP contribution in [0.1, 0.15) is 11.9 Å². The topological polar surface area (TPSA) is 97.9 Å². The van der Waals surface area contributed by atoms with Gasteiger partial charge < -0.3 is 11.1 Å². The first-order valence-corrected chi connectivity index (χ1v) is 4.33. The van der Waals surface area contributed by atoms with Crippen LogP contribution >= 0.6 is 0 Å². The highest BCUT2D eigenvalue weighted by Crippen LogP contribution is 2.10. The maximum atomic E-state index is 10.9. The van der Waals surface area contributed by atoms with Gasteiger partial charge in [0.05, 0.1) is 12.6 Å². The predicted octanol–water partition coefficient (Wildman–Crippen LogP) is -1.84. The van der Waals surface area contributed by atoms with E-state index in [4.69, 9.17) is 5.73 Å². The fourth-order valence-corrected chi connectivity index (χ4v) is 1.31. The molecule has 0 aliphatic carbocycles. The molecule has 76 valence electrons. The second-order valence-electron chi connectivity index (χ2n) is 3.19. The molecule has 4 N–H and O–H groups in total. The third-order valence-electron chi connectivity index (χ3n) is 2.14. The van der Waals surface area contributed by atoms with E-state index in [0.717, 1.165) is 0 Å². The molecule has 1 atom stereocenters. The lowest BCUT2D eigenvalue weighted by molar-refractivity contribution is -0.121. The van der Waals surface area contributed by atoms with Crippen molar-refractivity contribution in [2.45, 2.75) is 6.04 Å². The number of nitrogens with one attached hydrogen (secondary N) is 2. The number of hydrogen-bond acceptors (Lipinski definition) is 5. The van der Waals surface area contributed by atoms with Gasteiger partial charge >= 0.3 is 0 Å². The van der Waals surface area contributed by atoms with Crippen LogP contribution in [0.25, 0.3) is 0 Å². The van der Waals surface area contributed by atoms with Crippen molar-refractivity contribution in [3.05, 3.63) is 5.82 Å². The van der Waals surface area contributed by atoms with Crippen LogP contribution in [-0.4, -0.2) is 33.8 Å². The second-order valence-corrected chi connectivity index (χ2v) is 3.19. The molecule has 2 rings (SSSR count). The van der Waals surface area contributed by atoms with Gasteiger partial charge in [0.2, 0.25) is 11.9 Å². The van der Waals surface area contributed by atoms with Gasteiger partial charge in [0.25, 0.3) is 0 Å². The average Bonchev–Trinajstić information content (AvgIpc) is 2.48. The van der Waals surface area contributed by atoms with Crippen LogP contribution in [0.3, 0.4) is 0 Å². The minimum atomic E-state index is -0.0452. The lowest BCUT2D eigenvalue weighted by Crippen LogP contribution is -2.47. The van der Waals surface area contributed by atoms with Crippen LogP contribution in [0.2, 0.25) is 0 Å². The van der Waals surface area contributed by atoms with Crippen LogP contribution in [0.15, 0.2) is 0 Å². The summed E-state index contributed by atoms with van der Waals surface area (Å²) in [6.07, 6.45) is 0. The van der Waals surface area contributed by atoms with Crippen LogP contribution in [0, 0.1) is 0 Å². The molecule has 1 amide bonds. The summed E-state index contributed by atoms with van der Waals surface area (Å²) in [6.45, 7) is 0.797. The number of aromatic nitrogens is 3. The number of aryl methyl sites for hydroxylation is 1. The summed E-state index contributed by atoms with van der Waals surface area (Å²) in [5, 5.41) is 9.87. The van der Waals surface area contributed by atoms with E-state index >= 15 is 0 Å². The molecule has 1 unspecified atom stereocenters. The molecule has 0 spiro atoms. The molecule has 2 heterocycles. The van der Waals surface area contributed by atoms with Crippen molar-refractivity contribution in [1.29, 1.82) is 0 Å². The Balaban J connectivity index is 2.12. The van der Waals surface area contributed by atoms with E-state index in [2.05, 4.69) is 20.7 Å². The minimum absolute atomic E-state index is 0.00912. The number of anilines is 1. The average molecular weight is 196 g/mol. The highest BCUT2D eigenvalue weighted by Gasteiger charge is 2.22. The molecule has 7 heteroatoms. The molecule has 14 heavy (non-hydrogen) atoms. The van der Waals surface area contributed by atoms with Gasteiger partial charge in [-0.15, -0.1) is 0 Å². The van der Waals surface area contributed by atoms with E-state index < -0.39 is 0 Å². The molecule has 0 saturated carbocycles. The zero-order valence-electron chi connectivity index (χ0n) is 7.82. The zero-order chi connectivity index (χ0) is 10.1. The number of hydrogen-bond donors (Lipinski definition) is 3. The molecule has 1 aliphatic heterocycles. The molecular formula is C7H12N6O. The number of carbonyl (C=O) groups excluding carboxylic acids is 1. The maximum absolute atomic E-state index is 10.9. The molecule has 1 aromatic heterocycles. The van der Waals surface area contributed by atoms with E-state index in [9.17, 15) is 4.79 Å². The lowest BCUT2D eigenvalue weighted by atomic mass is 10.2. The van der Waals surface area contributed by atoms with Gasteiger partial charge in [0.15, 0.2) is 5.82 Å². The van der Waals surface area contributed by atoms with Gasteiger partial charge in [-0.25, -0.2) is 4.68 Å². The van der Waals surface area contributed by atoms with Crippen molar-refractivity contribution in [3.8, 4) is 0 Å². The molecule has 1 aromatic rings. The summed E-state index contributed by atoms with van der Waals surface area (Å²) in [4.78, 5) is 14.9. The summed E-state index contributed by atoms with van der Waals surface area (Å²) < 4.78 is 1.51. The summed E-state index contributed by atoms with van der Waals surface area (Å²) in [5.74, 6) is 0.980. The Hall–Kier alpha value is -1.63. The van der Waals surface area contributed by atoms with Crippen molar-refractivity contribution < 1.29 is 4.79 Å². The zero-order valence-corrected chi connectivity index (χ0v) is 7.82. The number of amides is 1. The quantitative estimate of drug-likeness (QED) is 0.490. The Morgan fingerprint density at radius 1 is 1.64 bits per heavy atom. The Morgan fingerprint density at radius 3 is 2.93 bits per heavy atom. The Labute approximate surface area is 80.7 Å². The molecule has 1 fully saturated rings. The fourth-order valence-electron chi connectivity index (χ4n) is 1.31. The van der Waals surface area contributed by atoms with Crippen molar-refractivity contribution in [1.82, 2.24) is 25.4 Å². The van der Waals surface area contributed by atoms with E-state index in [-0.39, 0.29) is 11.9 Å². The van der Waals surface area contributed by atoms with Gasteiger partial charge in [0, 0.05) is 13.6 Å². The van der Waals surface area contributed by atoms with Crippen LogP contribution in [-0.2, 0) is 11.8 Å². The summed E-state index contributed by atoms with van der Waals surface area (Å²) in [6, 6.07) is -0.0452. The van der Waals surface area contributed by atoms with Gasteiger partial charge in [-0.1, -0.05) is 0 Å². The van der Waals surface area contributed by atoms with Crippen LogP contribution in [0.4, 0.5) is 5.95 Å². The lowest BCUT2D eigenvalue weighted by Gasteiger charge is -2.21. The summed E-state index contributed by atoms with van der Waals surface area (Å²) >= 11 is 0. The summed E-state index contributed by atoms with van der Waals surface area (Å²) in [7, 11) is 1.73. The third-order valence-corrected chi connectivity index (χ3v) is 2.14. The van der Waals surface area contributed by atoms with Crippen molar-refractivity contribution in [3.63, 3.8) is 0 Å². The predicted molar refractivity (Wildman–Crippen MR) is 49.2 cm³/mol. The van der Waals surface area contributed by atoms with Gasteiger partial charge in [-0.05, 0) is 0 Å². The Bertz CT molecular complexity index is 330. The number of nitrogen functional groups attached to an aromatic ring is 1. The molecule has 1 aliphatic rings. The van der Waals surface area contributed by atoms with E-state index in [1.165, 1.54) is 4.68 Å². The first-order valence-electron chi connectivity index (χ1n) is 4.33. The number of carbonyl (C=O) groups is 1. The SMILES string of the molecule is Cn1nc(C2CNC(=O)CN2)nc1N. The fraction of sp³-hybridized carbons (Fsp3) is 0.571. The van der Waals surface area contributed by atoms with E-state index in [1.54, 1.807) is 7.05 Å². The molecular weight excluding hydrogens is 184 g/mol. The van der Waals surface area contributed by atoms with Gasteiger partial charge in [0.1, 0.15) is 0 Å². The third kappa shape index (κ3) is 1.53. The minimum Gasteiger partial charge on any atom is -0.368 e. The van der Waals surface area contributed by atoms with Crippen LogP contribution < -0.4 is 16.4 Å². The largest absolute Gasteiger partial charge is 0.368 e. The summed E-state index contributed by atoms with van der Waals surface area (Å²) in [5.41, 5.74) is 5.55. The normalized spacial score (nSPS) is 22.1. The number of nitrogens with two attached hydrogens (primary N) is 1. The molecule has 1 saturated heterocycles. The highest BCUT2D eigenvalue weighted by atomic mass is 16.2. The first kappa shape index (κ1) is 8.95. The second kappa shape index (κ2) is 3.26. The molecule has 7 nitrogen and oxygen atoms in total. The first-order chi connectivity index (χ1) is 6.66. The molecule has 0 radical (unpaired) electrons. The highest BCUT2D eigenvalue weighted by molar-refractivity contribution is 5.78. The number of rotatable bonds is 1. The molecule has 0 aromatic carbocycles. The van der Waals surface area contributed by atoms with Crippen molar-refractivity contribution >= 4 is 11.9 Å². The van der Waals surface area contributed by atoms with Crippen LogP contribution in [0.5, 0.6) is 0 Å². The Kier molecular flexibility index (Phi) is 2.08. The van der Waals surface area contributed by atoms with E-state index in [1.807, 2.05) is 0 Å². The standard InChI is InChI=1S/C7H12N6O/c1-13-7(8)11-6(12-13)4-2-10-5(14)3-9-4/h4,9H,2-3H2,1H3,(H,10,14)(H2,8,11,12). The maximum Gasteiger partial charge on any atom is 0.234 e.